The Morgan fingerprint density at radius 3 is 1.46 bits per heavy atom. The average Bonchev–Trinajstić information content (AvgIpc) is 3.84. The Morgan fingerprint density at radius 2 is 1.03 bits per heavy atom. The maximum Gasteiger partial charge on any atom is 0.326 e. The zero-order valence-corrected chi connectivity index (χ0v) is 40.9. The van der Waals surface area contributed by atoms with Crippen LogP contribution in [0.5, 0.6) is 0 Å². The number of hydrogen-bond acceptors (Lipinski definition) is 13. The number of aliphatic carboxylic acids is 1. The van der Waals surface area contributed by atoms with E-state index in [2.05, 4.69) is 52.5 Å². The highest BCUT2D eigenvalue weighted by atomic mass is 16.4. The molecule has 1 saturated heterocycles. The molecule has 1 heterocycles. The summed E-state index contributed by atoms with van der Waals surface area (Å²) >= 11 is 0. The van der Waals surface area contributed by atoms with Gasteiger partial charge in [-0.05, 0) is 75.3 Å². The van der Waals surface area contributed by atoms with Crippen molar-refractivity contribution in [3.05, 3.63) is 35.9 Å². The summed E-state index contributed by atoms with van der Waals surface area (Å²) in [6, 6.07) is -1.80. The van der Waals surface area contributed by atoms with Crippen molar-refractivity contribution in [3.63, 3.8) is 0 Å². The maximum absolute atomic E-state index is 14.3. The van der Waals surface area contributed by atoms with Crippen molar-refractivity contribution in [1.82, 2.24) is 42.5 Å². The highest BCUT2D eigenvalue weighted by molar-refractivity contribution is 5.98. The quantitative estimate of drug-likeness (QED) is 0.0184. The molecule has 1 aromatic rings. The van der Waals surface area contributed by atoms with Crippen LogP contribution in [-0.4, -0.2) is 150 Å². The first-order valence-electron chi connectivity index (χ1n) is 23.6. The van der Waals surface area contributed by atoms with Crippen LogP contribution in [0.25, 0.3) is 0 Å². The average molecular weight is 1000 g/mol. The first-order valence-corrected chi connectivity index (χ1v) is 23.6. The van der Waals surface area contributed by atoms with E-state index in [1.165, 1.54) is 0 Å². The zero-order valence-electron chi connectivity index (χ0n) is 40.9. The maximum atomic E-state index is 14.3. The fourth-order valence-electron chi connectivity index (χ4n) is 7.42. The molecule has 2 rings (SSSR count). The summed E-state index contributed by atoms with van der Waals surface area (Å²) in [5.74, 6) is -8.95. The van der Waals surface area contributed by atoms with Crippen molar-refractivity contribution >= 4 is 65.1 Å². The van der Waals surface area contributed by atoms with E-state index in [4.69, 9.17) is 28.7 Å². The Balaban J connectivity index is 2.39. The molecule has 0 unspecified atom stereocenters. The number of benzene rings is 1. The van der Waals surface area contributed by atoms with Gasteiger partial charge in [0.2, 0.25) is 47.3 Å². The van der Waals surface area contributed by atoms with E-state index in [9.17, 15) is 53.4 Å². The minimum atomic E-state index is -1.71. The molecule has 1 fully saturated rings. The first-order chi connectivity index (χ1) is 33.5. The molecule has 1 aromatic carbocycles. The SMILES string of the molecule is CC(C)C[C@H](NC(=O)[C@H](CC(C)C)NC(=O)[C@H](Cc1ccccc1)NC(=O)[C@H](CO)NC(=O)[C@H](CCCN=C(N)N)NC(=O)[C@@H]1CCCN1)C(=O)N[C@@H](CCCN=C(N)N)C(=O)N[C@@H](CC(N)=O)C(=O)O. The molecule has 1 aliphatic heterocycles. The van der Waals surface area contributed by atoms with E-state index in [0.717, 1.165) is 6.42 Å². The lowest BCUT2D eigenvalue weighted by atomic mass is 9.98. The number of nitrogens with two attached hydrogens (primary N) is 5. The van der Waals surface area contributed by atoms with Crippen molar-refractivity contribution in [1.29, 1.82) is 0 Å². The molecule has 396 valence electrons. The van der Waals surface area contributed by atoms with Crippen molar-refractivity contribution in [2.75, 3.05) is 26.2 Å². The fraction of sp³-hybridized carbons (Fsp3) is 0.622. The van der Waals surface area contributed by atoms with Crippen LogP contribution in [0.2, 0.25) is 0 Å². The van der Waals surface area contributed by atoms with Crippen molar-refractivity contribution in [2.24, 2.45) is 50.5 Å². The Morgan fingerprint density at radius 1 is 0.606 bits per heavy atom. The van der Waals surface area contributed by atoms with Gasteiger partial charge in [0.25, 0.3) is 0 Å². The monoisotopic (exact) mass is 1000 g/mol. The minimum Gasteiger partial charge on any atom is -0.480 e. The highest BCUT2D eigenvalue weighted by Gasteiger charge is 2.35. The summed E-state index contributed by atoms with van der Waals surface area (Å²) in [4.78, 5) is 128. The number of carboxylic acids is 1. The summed E-state index contributed by atoms with van der Waals surface area (Å²) in [6.45, 7) is 7.03. The van der Waals surface area contributed by atoms with Gasteiger partial charge in [0, 0.05) is 19.5 Å². The predicted octanol–water partition coefficient (Wildman–Crippen LogP) is -4.47. The van der Waals surface area contributed by atoms with E-state index in [1.807, 2.05) is 0 Å². The summed E-state index contributed by atoms with van der Waals surface area (Å²) in [6.07, 6.45) is 0.944. The molecular weight excluding hydrogens is 927 g/mol. The van der Waals surface area contributed by atoms with Gasteiger partial charge in [0.15, 0.2) is 11.9 Å². The number of hydrogen-bond donors (Lipinski definition) is 15. The van der Waals surface area contributed by atoms with Crippen LogP contribution in [-0.2, 0) is 49.6 Å². The summed E-state index contributed by atoms with van der Waals surface area (Å²) in [5.41, 5.74) is 27.5. The van der Waals surface area contributed by atoms with Gasteiger partial charge in [-0.1, -0.05) is 58.0 Å². The van der Waals surface area contributed by atoms with Crippen molar-refractivity contribution < 1.29 is 53.4 Å². The van der Waals surface area contributed by atoms with Gasteiger partial charge in [-0.15, -0.1) is 0 Å². The van der Waals surface area contributed by atoms with Crippen LogP contribution in [0.1, 0.15) is 91.0 Å². The number of aliphatic hydroxyl groups is 1. The number of primary amides is 1. The largest absolute Gasteiger partial charge is 0.480 e. The molecule has 0 spiro atoms. The number of amides is 8. The molecule has 0 saturated carbocycles. The normalized spacial score (nSPS) is 16.1. The fourth-order valence-corrected chi connectivity index (χ4v) is 7.42. The summed E-state index contributed by atoms with van der Waals surface area (Å²) in [5, 5.41) is 41.0. The highest BCUT2D eigenvalue weighted by Crippen LogP contribution is 2.13. The first kappa shape index (κ1) is 60.0. The summed E-state index contributed by atoms with van der Waals surface area (Å²) < 4.78 is 0. The molecule has 8 amide bonds. The second-order valence-electron chi connectivity index (χ2n) is 18.1. The number of carbonyl (C=O) groups excluding carboxylic acids is 8. The minimum absolute atomic E-state index is 0.0384. The van der Waals surface area contributed by atoms with Gasteiger partial charge in [-0.25, -0.2) is 4.79 Å². The van der Waals surface area contributed by atoms with Crippen LogP contribution < -0.4 is 71.2 Å². The number of carbonyl (C=O) groups is 9. The Bertz CT molecular complexity index is 2010. The molecule has 0 bridgehead atoms. The molecule has 0 aromatic heterocycles. The van der Waals surface area contributed by atoms with Crippen molar-refractivity contribution in [3.8, 4) is 0 Å². The third-order valence-corrected chi connectivity index (χ3v) is 11.0. The van der Waals surface area contributed by atoms with Crippen molar-refractivity contribution in [2.45, 2.75) is 140 Å². The Labute approximate surface area is 413 Å². The van der Waals surface area contributed by atoms with E-state index >= 15 is 0 Å². The second kappa shape index (κ2) is 31.2. The lowest BCUT2D eigenvalue weighted by Crippen LogP contribution is -2.61. The predicted molar refractivity (Wildman–Crippen MR) is 262 cm³/mol. The van der Waals surface area contributed by atoms with Crippen LogP contribution >= 0.6 is 0 Å². The van der Waals surface area contributed by atoms with E-state index in [1.54, 1.807) is 58.0 Å². The van der Waals surface area contributed by atoms with Gasteiger partial charge in [-0.3, -0.25) is 48.3 Å². The molecule has 20 N–H and O–H groups in total. The molecule has 26 heteroatoms. The smallest absolute Gasteiger partial charge is 0.326 e. The number of aliphatic imine (C=N–C) groups is 2. The van der Waals surface area contributed by atoms with Crippen LogP contribution in [0.3, 0.4) is 0 Å². The number of rotatable bonds is 32. The van der Waals surface area contributed by atoms with Crippen LogP contribution in [0, 0.1) is 11.8 Å². The van der Waals surface area contributed by atoms with Crippen LogP contribution in [0.15, 0.2) is 40.3 Å². The third kappa shape index (κ3) is 23.4. The molecule has 71 heavy (non-hydrogen) atoms. The van der Waals surface area contributed by atoms with Gasteiger partial charge < -0.3 is 81.4 Å². The van der Waals surface area contributed by atoms with E-state index in [0.29, 0.717) is 18.5 Å². The lowest BCUT2D eigenvalue weighted by molar-refractivity contribution is -0.143. The molecule has 8 atom stereocenters. The number of aliphatic hydroxyl groups excluding tert-OH is 1. The van der Waals surface area contributed by atoms with Gasteiger partial charge in [0.05, 0.1) is 19.1 Å². The number of carboxylic acid groups (broad SMARTS) is 1. The molecule has 0 radical (unpaired) electrons. The van der Waals surface area contributed by atoms with E-state index in [-0.39, 0.29) is 81.8 Å². The molecule has 0 aliphatic carbocycles. The molecule has 26 nitrogen and oxygen atoms in total. The van der Waals surface area contributed by atoms with E-state index < -0.39 is 115 Å². The Hall–Kier alpha value is -7.09. The van der Waals surface area contributed by atoms with Gasteiger partial charge in [-0.2, -0.15) is 0 Å². The second-order valence-corrected chi connectivity index (χ2v) is 18.1. The lowest BCUT2D eigenvalue weighted by Gasteiger charge is -2.29. The standard InChI is InChI=1S/C45H75N15O11/c1-24(2)19-30(39(66)55-28(14-9-17-52-44(47)48)37(64)59-33(43(70)71)22-35(46)62)56-40(67)31(20-25(3)4)57-41(68)32(21-26-11-6-5-7-12-26)58-42(69)34(23-61)60-38(65)29(15-10-18-53-45(49)50)54-36(63)27-13-8-16-51-27/h5-7,11-12,24-25,27-34,51,61H,8-10,13-23H2,1-4H3,(H2,46,62)(H,54,63)(H,55,66)(H,56,67)(H,57,68)(H,58,69)(H,59,64)(H,60,65)(H,70,71)(H4,47,48,52)(H4,49,50,53)/t27-,28-,29-,30-,31-,32-,33-,34-/m0/s1. The van der Waals surface area contributed by atoms with Gasteiger partial charge >= 0.3 is 5.97 Å². The topological polar surface area (TPSA) is 445 Å². The molecular formula is C45H75N15O11. The third-order valence-electron chi connectivity index (χ3n) is 11.0. The number of nitrogens with zero attached hydrogens (tertiary/aromatic N) is 2. The number of guanidine groups is 2. The Kier molecular flexibility index (Phi) is 26.4. The zero-order chi connectivity index (χ0) is 53.2. The summed E-state index contributed by atoms with van der Waals surface area (Å²) in [7, 11) is 0. The molecule has 1 aliphatic rings. The number of nitrogens with one attached hydrogen (secondary N) is 8. The van der Waals surface area contributed by atoms with Crippen LogP contribution in [0.4, 0.5) is 0 Å². The van der Waals surface area contributed by atoms with Gasteiger partial charge in [0.1, 0.15) is 42.3 Å².